The summed E-state index contributed by atoms with van der Waals surface area (Å²) in [6, 6.07) is 1.85. The molecule has 0 amide bonds. The van der Waals surface area contributed by atoms with Crippen molar-refractivity contribution in [3.05, 3.63) is 18.5 Å². The number of nitrogens with one attached hydrogen (secondary N) is 2. The summed E-state index contributed by atoms with van der Waals surface area (Å²) in [5.74, 6) is 0.829. The number of nitrogens with zero attached hydrogens (tertiary/aromatic N) is 4. The number of thiocarbonyl (C=S) groups is 1. The Morgan fingerprint density at radius 3 is 2.71 bits per heavy atom. The van der Waals surface area contributed by atoms with Crippen LogP contribution in [0.15, 0.2) is 18.5 Å². The van der Waals surface area contributed by atoms with Gasteiger partial charge in [0.25, 0.3) is 0 Å². The fourth-order valence-electron chi connectivity index (χ4n) is 3.03. The van der Waals surface area contributed by atoms with Crippen molar-refractivity contribution in [1.82, 2.24) is 25.5 Å². The maximum Gasteiger partial charge on any atom is 0.225 e. The summed E-state index contributed by atoms with van der Waals surface area (Å²) in [5, 5.41) is 7.25. The highest BCUT2D eigenvalue weighted by molar-refractivity contribution is 7.80. The van der Waals surface area contributed by atoms with Crippen molar-refractivity contribution in [2.75, 3.05) is 57.3 Å². The Balaban J connectivity index is 1.27. The minimum atomic E-state index is 0.318. The predicted molar refractivity (Wildman–Crippen MR) is 98.3 cm³/mol. The van der Waals surface area contributed by atoms with Crippen LogP contribution in [-0.2, 0) is 4.74 Å². The number of hydrogen-bond acceptors (Lipinski definition) is 6. The first-order chi connectivity index (χ1) is 11.8. The van der Waals surface area contributed by atoms with Gasteiger partial charge in [-0.25, -0.2) is 9.97 Å². The second-order valence-electron chi connectivity index (χ2n) is 6.15. The number of anilines is 1. The van der Waals surface area contributed by atoms with Crippen LogP contribution >= 0.6 is 12.2 Å². The van der Waals surface area contributed by atoms with Crippen LogP contribution in [0.1, 0.15) is 12.8 Å². The lowest BCUT2D eigenvalue weighted by Gasteiger charge is -2.34. The molecule has 8 heteroatoms. The van der Waals surface area contributed by atoms with E-state index in [2.05, 4.69) is 30.4 Å². The third kappa shape index (κ3) is 5.25. The molecular weight excluding hydrogens is 324 g/mol. The molecule has 0 radical (unpaired) electrons. The molecule has 0 aliphatic carbocycles. The highest BCUT2D eigenvalue weighted by atomic mass is 32.1. The Morgan fingerprint density at radius 2 is 2.00 bits per heavy atom. The van der Waals surface area contributed by atoms with E-state index in [0.717, 1.165) is 76.3 Å². The predicted octanol–water partition coefficient (Wildman–Crippen LogP) is 0.242. The normalized spacial score (nSPS) is 21.7. The van der Waals surface area contributed by atoms with E-state index >= 15 is 0 Å². The average Bonchev–Trinajstić information content (AvgIpc) is 3.15. The van der Waals surface area contributed by atoms with E-state index in [1.54, 1.807) is 12.4 Å². The third-order valence-electron chi connectivity index (χ3n) is 4.44. The Morgan fingerprint density at radius 1 is 1.21 bits per heavy atom. The second-order valence-corrected chi connectivity index (χ2v) is 6.56. The van der Waals surface area contributed by atoms with E-state index in [0.29, 0.717) is 6.10 Å². The van der Waals surface area contributed by atoms with Gasteiger partial charge < -0.3 is 20.3 Å². The molecule has 0 aromatic carbocycles. The smallest absolute Gasteiger partial charge is 0.225 e. The van der Waals surface area contributed by atoms with E-state index in [4.69, 9.17) is 17.0 Å². The Labute approximate surface area is 148 Å². The molecule has 2 aliphatic rings. The van der Waals surface area contributed by atoms with E-state index in [1.165, 1.54) is 0 Å². The van der Waals surface area contributed by atoms with Crippen LogP contribution in [0.4, 0.5) is 5.95 Å². The molecule has 0 saturated carbocycles. The molecule has 0 unspecified atom stereocenters. The number of ether oxygens (including phenoxy) is 1. The Hall–Kier alpha value is -1.51. The van der Waals surface area contributed by atoms with Crippen LogP contribution in [-0.4, -0.2) is 78.5 Å². The molecule has 3 rings (SSSR count). The Kier molecular flexibility index (Phi) is 6.57. The SMILES string of the molecule is S=C(NCCN1CCN(c2ncccn2)CC1)NC[C@H]1CCCO1. The summed E-state index contributed by atoms with van der Waals surface area (Å²) in [4.78, 5) is 13.3. The molecule has 2 saturated heterocycles. The van der Waals surface area contributed by atoms with Crippen LogP contribution in [0.3, 0.4) is 0 Å². The zero-order chi connectivity index (χ0) is 16.6. The fraction of sp³-hybridized carbons (Fsp3) is 0.688. The van der Waals surface area contributed by atoms with E-state index < -0.39 is 0 Å². The lowest BCUT2D eigenvalue weighted by molar-refractivity contribution is 0.114. The average molecular weight is 350 g/mol. The van der Waals surface area contributed by atoms with Crippen molar-refractivity contribution in [3.8, 4) is 0 Å². The van der Waals surface area contributed by atoms with Gasteiger partial charge in [-0.05, 0) is 31.1 Å². The van der Waals surface area contributed by atoms with Gasteiger partial charge in [0.1, 0.15) is 0 Å². The molecule has 24 heavy (non-hydrogen) atoms. The quantitative estimate of drug-likeness (QED) is 0.708. The third-order valence-corrected chi connectivity index (χ3v) is 4.72. The van der Waals surface area contributed by atoms with Crippen molar-refractivity contribution in [3.63, 3.8) is 0 Å². The van der Waals surface area contributed by atoms with Crippen molar-refractivity contribution < 1.29 is 4.74 Å². The summed E-state index contributed by atoms with van der Waals surface area (Å²) >= 11 is 5.32. The summed E-state index contributed by atoms with van der Waals surface area (Å²) in [6.45, 7) is 7.52. The van der Waals surface area contributed by atoms with E-state index in [1.807, 2.05) is 6.07 Å². The van der Waals surface area contributed by atoms with E-state index in [-0.39, 0.29) is 0 Å². The molecule has 0 bridgehead atoms. The van der Waals surface area contributed by atoms with Gasteiger partial charge in [0.2, 0.25) is 5.95 Å². The topological polar surface area (TPSA) is 65.5 Å². The fourth-order valence-corrected chi connectivity index (χ4v) is 3.21. The van der Waals surface area contributed by atoms with Crippen molar-refractivity contribution in [2.24, 2.45) is 0 Å². The highest BCUT2D eigenvalue weighted by Gasteiger charge is 2.18. The maximum atomic E-state index is 5.58. The van der Waals surface area contributed by atoms with Crippen LogP contribution in [0, 0.1) is 0 Å². The molecule has 1 aromatic rings. The molecular formula is C16H26N6OS. The summed E-state index contributed by atoms with van der Waals surface area (Å²) in [5.41, 5.74) is 0. The van der Waals surface area contributed by atoms with Gasteiger partial charge in [-0.2, -0.15) is 0 Å². The zero-order valence-corrected chi connectivity index (χ0v) is 14.8. The Bertz CT molecular complexity index is 503. The first-order valence-electron chi connectivity index (χ1n) is 8.69. The van der Waals surface area contributed by atoms with Crippen molar-refractivity contribution in [2.45, 2.75) is 18.9 Å². The molecule has 2 fully saturated rings. The lowest BCUT2D eigenvalue weighted by atomic mass is 10.2. The molecule has 0 spiro atoms. The number of hydrogen-bond donors (Lipinski definition) is 2. The van der Waals surface area contributed by atoms with Crippen LogP contribution in [0.5, 0.6) is 0 Å². The molecule has 3 heterocycles. The monoisotopic (exact) mass is 350 g/mol. The van der Waals surface area contributed by atoms with Crippen molar-refractivity contribution >= 4 is 23.3 Å². The van der Waals surface area contributed by atoms with Gasteiger partial charge in [0.05, 0.1) is 6.10 Å². The summed E-state index contributed by atoms with van der Waals surface area (Å²) < 4.78 is 5.58. The molecule has 2 aliphatic heterocycles. The van der Waals surface area contributed by atoms with Gasteiger partial charge >= 0.3 is 0 Å². The van der Waals surface area contributed by atoms with Crippen LogP contribution < -0.4 is 15.5 Å². The molecule has 132 valence electrons. The van der Waals surface area contributed by atoms with Crippen LogP contribution in [0.25, 0.3) is 0 Å². The molecule has 1 atom stereocenters. The number of aromatic nitrogens is 2. The lowest BCUT2D eigenvalue weighted by Crippen LogP contribution is -2.49. The van der Waals surface area contributed by atoms with Gasteiger partial charge in [-0.3, -0.25) is 4.90 Å². The summed E-state index contributed by atoms with van der Waals surface area (Å²) in [7, 11) is 0. The minimum Gasteiger partial charge on any atom is -0.376 e. The molecule has 2 N–H and O–H groups in total. The van der Waals surface area contributed by atoms with Crippen LogP contribution in [0.2, 0.25) is 0 Å². The second kappa shape index (κ2) is 9.10. The first kappa shape index (κ1) is 17.3. The van der Waals surface area contributed by atoms with Gasteiger partial charge in [0.15, 0.2) is 5.11 Å². The molecule has 1 aromatic heterocycles. The van der Waals surface area contributed by atoms with Gasteiger partial charge in [0, 0.05) is 64.8 Å². The maximum absolute atomic E-state index is 5.58. The minimum absolute atomic E-state index is 0.318. The molecule has 7 nitrogen and oxygen atoms in total. The number of piperazine rings is 1. The van der Waals surface area contributed by atoms with Crippen molar-refractivity contribution in [1.29, 1.82) is 0 Å². The van der Waals surface area contributed by atoms with Gasteiger partial charge in [-0.15, -0.1) is 0 Å². The summed E-state index contributed by atoms with van der Waals surface area (Å²) in [6.07, 6.45) is 6.20. The zero-order valence-electron chi connectivity index (χ0n) is 14.0. The largest absolute Gasteiger partial charge is 0.376 e. The van der Waals surface area contributed by atoms with Gasteiger partial charge in [-0.1, -0.05) is 0 Å². The standard InChI is InChI=1S/C16H26N6OS/c24-16(20-13-14-3-1-12-23-14)19-6-7-21-8-10-22(11-9-21)15-17-4-2-5-18-15/h2,4-5,14H,1,3,6-13H2,(H2,19,20,24)/t14-/m1/s1. The highest BCUT2D eigenvalue weighted by Crippen LogP contribution is 2.10. The number of rotatable bonds is 6. The first-order valence-corrected chi connectivity index (χ1v) is 9.10. The van der Waals surface area contributed by atoms with E-state index in [9.17, 15) is 0 Å².